The fourth-order valence-corrected chi connectivity index (χ4v) is 5.77. The molecule has 13 heteroatoms. The van der Waals surface area contributed by atoms with E-state index in [-0.39, 0.29) is 11.1 Å². The third-order valence-electron chi connectivity index (χ3n) is 7.94. The van der Waals surface area contributed by atoms with E-state index in [0.717, 1.165) is 16.8 Å². The van der Waals surface area contributed by atoms with Gasteiger partial charge in [0.25, 0.3) is 5.91 Å². The minimum Gasteiger partial charge on any atom is -0.507 e. The van der Waals surface area contributed by atoms with Crippen molar-refractivity contribution in [2.75, 3.05) is 5.73 Å². The predicted molar refractivity (Wildman–Crippen MR) is 160 cm³/mol. The van der Waals surface area contributed by atoms with E-state index in [1.807, 2.05) is 41.0 Å². The smallest absolute Gasteiger partial charge is 0.419 e. The average molecular weight is 611 g/mol. The van der Waals surface area contributed by atoms with Crippen molar-refractivity contribution in [2.45, 2.75) is 32.0 Å². The van der Waals surface area contributed by atoms with E-state index >= 15 is 0 Å². The van der Waals surface area contributed by atoms with E-state index in [4.69, 9.17) is 15.7 Å². The fraction of sp³-hybridized carbons (Fsp3) is 0.156. The Hall–Kier alpha value is -5.72. The van der Waals surface area contributed by atoms with E-state index in [9.17, 15) is 23.1 Å². The van der Waals surface area contributed by atoms with E-state index in [0.29, 0.717) is 53.1 Å². The topological polar surface area (TPSA) is 137 Å². The summed E-state index contributed by atoms with van der Waals surface area (Å²) in [5, 5.41) is 17.1. The van der Waals surface area contributed by atoms with Crippen LogP contribution in [0.1, 0.15) is 45.1 Å². The number of nitrogens with zero attached hydrogens (tertiary/aromatic N) is 6. The van der Waals surface area contributed by atoms with Gasteiger partial charge in [-0.25, -0.2) is 19.6 Å². The number of phenols is 1. The second-order valence-corrected chi connectivity index (χ2v) is 10.8. The molecule has 0 saturated carbocycles. The quantitative estimate of drug-likeness (QED) is 0.228. The van der Waals surface area contributed by atoms with Crippen LogP contribution in [0.4, 0.5) is 19.0 Å². The standard InChI is InChI=1S/C32H25F3N8O2/c1-17-14-19(16-23(27(17)44)32(33,34)35)31(45)40-24-8-5-18-15-20(6-7-21(18)24)43-29(22-4-2-11-37-28(22)36)39-25-9-10-26(41-30(25)43)42-13-3-12-38-42/h2-4,6-7,9-16,24,44H,5,8H2,1H3,(H2,36,37)(H,40,45)/t24-/m0/s1. The first-order valence-corrected chi connectivity index (χ1v) is 14.0. The molecule has 10 nitrogen and oxygen atoms in total. The lowest BCUT2D eigenvalue weighted by Gasteiger charge is -2.17. The Balaban J connectivity index is 1.27. The summed E-state index contributed by atoms with van der Waals surface area (Å²) in [6.07, 6.45) is 1.45. The molecule has 45 heavy (non-hydrogen) atoms. The first-order valence-electron chi connectivity index (χ1n) is 14.0. The van der Waals surface area contributed by atoms with E-state index < -0.39 is 29.4 Å². The summed E-state index contributed by atoms with van der Waals surface area (Å²) in [5.74, 6) is -0.0872. The van der Waals surface area contributed by atoms with E-state index in [1.54, 1.807) is 35.4 Å². The number of phenolic OH excluding ortho intramolecular Hbond substituents is 1. The Kier molecular flexibility index (Phi) is 6.53. The third-order valence-corrected chi connectivity index (χ3v) is 7.94. The SMILES string of the molecule is Cc1cc(C(=O)N[C@H]2CCc3cc(-n4c(-c5cccnc5N)nc5ccc(-n6cccn6)nc54)ccc32)cc(C(F)(F)F)c1O. The van der Waals surface area contributed by atoms with Gasteiger partial charge in [0, 0.05) is 29.8 Å². The van der Waals surface area contributed by atoms with Gasteiger partial charge >= 0.3 is 6.18 Å². The number of anilines is 1. The molecule has 226 valence electrons. The molecule has 2 aromatic carbocycles. The number of nitrogens with two attached hydrogens (primary N) is 1. The highest BCUT2D eigenvalue weighted by molar-refractivity contribution is 5.95. The number of halogens is 3. The summed E-state index contributed by atoms with van der Waals surface area (Å²) in [5.41, 5.74) is 9.23. The van der Waals surface area contributed by atoms with E-state index in [1.165, 1.54) is 13.0 Å². The number of imidazole rings is 1. The molecule has 1 aliphatic rings. The van der Waals surface area contributed by atoms with Gasteiger partial charge in [0.1, 0.15) is 17.1 Å². The molecule has 1 atom stereocenters. The predicted octanol–water partition coefficient (Wildman–Crippen LogP) is 5.70. The normalized spacial score (nSPS) is 14.5. The Bertz CT molecular complexity index is 2100. The number of amides is 1. The van der Waals surface area contributed by atoms with Crippen molar-refractivity contribution in [1.82, 2.24) is 34.6 Å². The molecule has 4 heterocycles. The van der Waals surface area contributed by atoms with Crippen molar-refractivity contribution in [2.24, 2.45) is 0 Å². The van der Waals surface area contributed by atoms with Crippen LogP contribution in [0.2, 0.25) is 0 Å². The van der Waals surface area contributed by atoms with Gasteiger partial charge in [-0.2, -0.15) is 18.3 Å². The van der Waals surface area contributed by atoms with Crippen LogP contribution in [-0.4, -0.2) is 40.3 Å². The number of aromatic nitrogens is 6. The van der Waals surface area contributed by atoms with Gasteiger partial charge in [-0.05, 0) is 91.1 Å². The number of nitrogen functional groups attached to an aromatic ring is 1. The lowest BCUT2D eigenvalue weighted by Crippen LogP contribution is -2.27. The Morgan fingerprint density at radius 3 is 2.67 bits per heavy atom. The van der Waals surface area contributed by atoms with Crippen LogP contribution in [0.3, 0.4) is 0 Å². The van der Waals surface area contributed by atoms with Crippen molar-refractivity contribution in [3.05, 3.63) is 107 Å². The lowest BCUT2D eigenvalue weighted by molar-refractivity contribution is -0.138. The number of carbonyl (C=O) groups excluding carboxylic acids is 1. The maximum Gasteiger partial charge on any atom is 0.419 e. The maximum atomic E-state index is 13.5. The number of hydrogen-bond acceptors (Lipinski definition) is 7. The monoisotopic (exact) mass is 610 g/mol. The number of nitrogens with one attached hydrogen (secondary N) is 1. The van der Waals surface area contributed by atoms with Crippen molar-refractivity contribution in [1.29, 1.82) is 0 Å². The molecule has 0 unspecified atom stereocenters. The number of alkyl halides is 3. The molecule has 6 aromatic rings. The van der Waals surface area contributed by atoms with Gasteiger partial charge in [0.05, 0.1) is 17.2 Å². The second kappa shape index (κ2) is 10.5. The van der Waals surface area contributed by atoms with Crippen LogP contribution < -0.4 is 11.1 Å². The maximum absolute atomic E-state index is 13.5. The molecular weight excluding hydrogens is 585 g/mol. The molecule has 7 rings (SSSR count). The van der Waals surface area contributed by atoms with Gasteiger partial charge in [-0.3, -0.25) is 9.36 Å². The van der Waals surface area contributed by atoms with Crippen LogP contribution in [0.15, 0.2) is 79.3 Å². The zero-order chi connectivity index (χ0) is 31.5. The third kappa shape index (κ3) is 4.91. The molecule has 0 bridgehead atoms. The summed E-state index contributed by atoms with van der Waals surface area (Å²) in [6, 6.07) is 16.4. The molecule has 0 spiro atoms. The molecule has 0 saturated heterocycles. The molecule has 0 fully saturated rings. The van der Waals surface area contributed by atoms with Crippen LogP contribution in [0.25, 0.3) is 34.1 Å². The minimum absolute atomic E-state index is 0.0339. The molecule has 4 N–H and O–H groups in total. The van der Waals surface area contributed by atoms with Crippen LogP contribution in [-0.2, 0) is 12.6 Å². The first kappa shape index (κ1) is 28.1. The number of fused-ring (bicyclic) bond motifs is 2. The zero-order valence-corrected chi connectivity index (χ0v) is 23.7. The number of hydrogen-bond donors (Lipinski definition) is 3. The van der Waals surface area contributed by atoms with Crippen molar-refractivity contribution < 1.29 is 23.1 Å². The summed E-state index contributed by atoms with van der Waals surface area (Å²) < 4.78 is 43.9. The Labute approximate surface area is 254 Å². The van der Waals surface area contributed by atoms with E-state index in [2.05, 4.69) is 15.4 Å². The molecular formula is C32H25F3N8O2. The first-order chi connectivity index (χ1) is 21.6. The number of aromatic hydroxyl groups is 1. The molecule has 1 aliphatic carbocycles. The number of rotatable bonds is 5. The summed E-state index contributed by atoms with van der Waals surface area (Å²) in [7, 11) is 0. The minimum atomic E-state index is -4.80. The van der Waals surface area contributed by atoms with Crippen molar-refractivity contribution >= 4 is 22.9 Å². The second-order valence-electron chi connectivity index (χ2n) is 10.8. The Morgan fingerprint density at radius 1 is 1.07 bits per heavy atom. The van der Waals surface area contributed by atoms with Gasteiger partial charge in [0.2, 0.25) is 0 Å². The summed E-state index contributed by atoms with van der Waals surface area (Å²) in [4.78, 5) is 27.1. The summed E-state index contributed by atoms with van der Waals surface area (Å²) >= 11 is 0. The highest BCUT2D eigenvalue weighted by atomic mass is 19.4. The molecule has 4 aromatic heterocycles. The van der Waals surface area contributed by atoms with Crippen LogP contribution in [0, 0.1) is 6.92 Å². The number of aryl methyl sites for hydroxylation is 2. The lowest BCUT2D eigenvalue weighted by atomic mass is 10.0. The number of benzene rings is 2. The number of pyridine rings is 2. The highest BCUT2D eigenvalue weighted by Gasteiger charge is 2.36. The Morgan fingerprint density at radius 2 is 1.91 bits per heavy atom. The number of carbonyl (C=O) groups is 1. The molecule has 0 radical (unpaired) electrons. The summed E-state index contributed by atoms with van der Waals surface area (Å²) in [6.45, 7) is 1.33. The zero-order valence-electron chi connectivity index (χ0n) is 23.7. The van der Waals surface area contributed by atoms with Gasteiger partial charge in [-0.15, -0.1) is 0 Å². The highest BCUT2D eigenvalue weighted by Crippen LogP contribution is 2.39. The largest absolute Gasteiger partial charge is 0.507 e. The van der Waals surface area contributed by atoms with Crippen LogP contribution in [0.5, 0.6) is 5.75 Å². The van der Waals surface area contributed by atoms with Gasteiger partial charge < -0.3 is 16.2 Å². The fourth-order valence-electron chi connectivity index (χ4n) is 5.77. The van der Waals surface area contributed by atoms with Crippen molar-refractivity contribution in [3.8, 4) is 28.6 Å². The van der Waals surface area contributed by atoms with Gasteiger partial charge in [-0.1, -0.05) is 6.07 Å². The van der Waals surface area contributed by atoms with Crippen molar-refractivity contribution in [3.63, 3.8) is 0 Å². The van der Waals surface area contributed by atoms with Gasteiger partial charge in [0.15, 0.2) is 17.3 Å². The average Bonchev–Trinajstić information content (AvgIpc) is 3.77. The molecule has 0 aliphatic heterocycles. The van der Waals surface area contributed by atoms with Crippen LogP contribution >= 0.6 is 0 Å². The molecule has 1 amide bonds.